The largest absolute Gasteiger partial charge is 0.561 e. The van der Waals surface area contributed by atoms with Crippen molar-refractivity contribution in [2.75, 3.05) is 38.1 Å². The van der Waals surface area contributed by atoms with E-state index in [1.165, 1.54) is 0 Å². The zero-order valence-electron chi connectivity index (χ0n) is 20.4. The molecular weight excluding hydrogens is 437 g/mol. The zero-order valence-corrected chi connectivity index (χ0v) is 21.4. The van der Waals surface area contributed by atoms with Crippen LogP contribution in [0.1, 0.15) is 26.3 Å². The van der Waals surface area contributed by atoms with E-state index in [9.17, 15) is 0 Å². The molecule has 0 unspecified atom stereocenters. The Morgan fingerprint density at radius 3 is 2.42 bits per heavy atom. The smallest absolute Gasteiger partial charge is 0.225 e. The van der Waals surface area contributed by atoms with Gasteiger partial charge in [-0.1, -0.05) is 44.1 Å². The first kappa shape index (κ1) is 23.8. The molecule has 1 aromatic carbocycles. The Labute approximate surface area is 196 Å². The third kappa shape index (κ3) is 5.25. The summed E-state index contributed by atoms with van der Waals surface area (Å²) in [6, 6.07) is 5.40. The maximum absolute atomic E-state index is 15.3. The summed E-state index contributed by atoms with van der Waals surface area (Å²) in [7, 11) is 0.0968. The number of likely N-dealkylation sites (tertiary alicyclic amines) is 1. The number of hydrogen-bond donors (Lipinski definition) is 0. The van der Waals surface area contributed by atoms with Crippen molar-refractivity contribution >= 4 is 20.0 Å². The van der Waals surface area contributed by atoms with Crippen molar-refractivity contribution in [1.29, 1.82) is 0 Å². The van der Waals surface area contributed by atoms with E-state index in [-0.39, 0.29) is 23.6 Å². The highest BCUT2D eigenvalue weighted by atomic mass is 28.4. The van der Waals surface area contributed by atoms with E-state index in [1.807, 2.05) is 11.0 Å². The lowest BCUT2D eigenvalue weighted by atomic mass is 10.1. The average molecular weight is 472 g/mol. The van der Waals surface area contributed by atoms with Gasteiger partial charge in [0.05, 0.1) is 18.8 Å². The van der Waals surface area contributed by atoms with Crippen LogP contribution in [0.3, 0.4) is 0 Å². The third-order valence-electron chi connectivity index (χ3n) is 6.81. The molecule has 3 heterocycles. The molecule has 2 aliphatic rings. The Balaban J connectivity index is 1.37. The van der Waals surface area contributed by atoms with Crippen LogP contribution >= 0.6 is 0 Å². The molecule has 2 aliphatic heterocycles. The van der Waals surface area contributed by atoms with Crippen molar-refractivity contribution in [3.63, 3.8) is 0 Å². The predicted octanol–water partition coefficient (Wildman–Crippen LogP) is 4.31. The van der Waals surface area contributed by atoms with Crippen LogP contribution in [0.15, 0.2) is 35.7 Å². The molecule has 7 nitrogen and oxygen atoms in total. The highest BCUT2D eigenvalue weighted by Gasteiger charge is 2.29. The minimum absolute atomic E-state index is 0.0756. The molecule has 0 N–H and O–H groups in total. The fraction of sp³-hybridized carbons (Fsp3) is 0.542. The molecule has 0 spiro atoms. The second-order valence-corrected chi connectivity index (χ2v) is 15.4. The van der Waals surface area contributed by atoms with Gasteiger partial charge >= 0.3 is 0 Å². The highest BCUT2D eigenvalue weighted by molar-refractivity contribution is 6.74. The predicted molar refractivity (Wildman–Crippen MR) is 131 cm³/mol. The van der Waals surface area contributed by atoms with E-state index in [0.717, 1.165) is 18.8 Å². The number of anilines is 1. The van der Waals surface area contributed by atoms with Crippen molar-refractivity contribution in [1.82, 2.24) is 14.9 Å². The van der Waals surface area contributed by atoms with E-state index in [2.05, 4.69) is 60.9 Å². The van der Waals surface area contributed by atoms with Crippen LogP contribution in [-0.4, -0.2) is 68.2 Å². The molecule has 0 bridgehead atoms. The van der Waals surface area contributed by atoms with Crippen LogP contribution in [0, 0.1) is 5.82 Å². The lowest BCUT2D eigenvalue weighted by molar-refractivity contribution is -0.0416. The topological polar surface area (TPSA) is 63.1 Å². The molecule has 0 radical (unpaired) electrons. The zero-order chi connectivity index (χ0) is 23.8. The standard InChI is InChI=1S/C24H34FN5O2Si/c1-24(2,3)33(5,6)31-16-17-8-7-9-21(22(17)25)18-10-26-23(27-11-18)30-12-19(13-30)28-32-20-14-29(4)15-20/h7-11,20H,12-16H2,1-6H3/q-1. The second kappa shape index (κ2) is 9.12. The van der Waals surface area contributed by atoms with Crippen LogP contribution in [0.25, 0.3) is 11.1 Å². The molecule has 33 heavy (non-hydrogen) atoms. The van der Waals surface area contributed by atoms with E-state index in [1.54, 1.807) is 24.5 Å². The maximum Gasteiger partial charge on any atom is 0.225 e. The van der Waals surface area contributed by atoms with Gasteiger partial charge in [0, 0.05) is 48.8 Å². The summed E-state index contributed by atoms with van der Waals surface area (Å²) in [5.74, 6) is 0.337. The van der Waals surface area contributed by atoms with Crippen LogP contribution in [0.5, 0.6) is 0 Å². The fourth-order valence-corrected chi connectivity index (χ4v) is 4.41. The van der Waals surface area contributed by atoms with Crippen molar-refractivity contribution in [2.45, 2.75) is 51.6 Å². The quantitative estimate of drug-likeness (QED) is 0.443. The summed E-state index contributed by atoms with van der Waals surface area (Å²) >= 11 is 0. The monoisotopic (exact) mass is 471 g/mol. The van der Waals surface area contributed by atoms with Gasteiger partial charge in [-0.3, -0.25) is 4.90 Å². The van der Waals surface area contributed by atoms with Gasteiger partial charge in [-0.15, -0.1) is 18.1 Å². The number of halogens is 1. The SMILES string of the molecule is CN1CC(ON=C2CN(c3ncc(-c4cccc(CO[Si-](C)(C)C(C)(C)C)c4F)cn3)C2)C1. The minimum Gasteiger partial charge on any atom is -0.561 e. The second-order valence-electron chi connectivity index (χ2n) is 10.6. The van der Waals surface area contributed by atoms with E-state index < -0.39 is 8.32 Å². The summed E-state index contributed by atoms with van der Waals surface area (Å²) in [6.07, 6.45) is 3.55. The first-order valence-corrected chi connectivity index (χ1v) is 14.3. The van der Waals surface area contributed by atoms with Crippen molar-refractivity contribution < 1.29 is 13.7 Å². The molecule has 0 amide bonds. The third-order valence-corrected chi connectivity index (χ3v) is 11.3. The number of hydrogen-bond acceptors (Lipinski definition) is 7. The van der Waals surface area contributed by atoms with Crippen LogP contribution in [0.2, 0.25) is 18.1 Å². The molecule has 179 valence electrons. The summed E-state index contributed by atoms with van der Waals surface area (Å²) in [6.45, 7) is 14.3. The van der Waals surface area contributed by atoms with Crippen molar-refractivity contribution in [3.8, 4) is 11.1 Å². The summed E-state index contributed by atoms with van der Waals surface area (Å²) in [5, 5.41) is 4.31. The Morgan fingerprint density at radius 1 is 1.15 bits per heavy atom. The Hall–Kier alpha value is -2.36. The first-order chi connectivity index (χ1) is 15.5. The number of benzene rings is 1. The van der Waals surface area contributed by atoms with E-state index >= 15 is 4.39 Å². The minimum atomic E-state index is -1.96. The number of oxime groups is 1. The fourth-order valence-electron chi connectivity index (χ4n) is 3.46. The van der Waals surface area contributed by atoms with Gasteiger partial charge in [-0.05, 0) is 15.4 Å². The van der Waals surface area contributed by atoms with Gasteiger partial charge in [0.25, 0.3) is 0 Å². The maximum atomic E-state index is 15.3. The van der Waals surface area contributed by atoms with E-state index in [4.69, 9.17) is 9.26 Å². The van der Waals surface area contributed by atoms with Crippen LogP contribution in [-0.2, 0) is 15.9 Å². The Morgan fingerprint density at radius 2 is 1.82 bits per heavy atom. The van der Waals surface area contributed by atoms with Gasteiger partial charge in [0.15, 0.2) is 6.10 Å². The summed E-state index contributed by atoms with van der Waals surface area (Å²) < 4.78 is 21.5. The molecule has 2 fully saturated rings. The summed E-state index contributed by atoms with van der Waals surface area (Å²) in [4.78, 5) is 18.6. The highest BCUT2D eigenvalue weighted by Crippen LogP contribution is 2.37. The van der Waals surface area contributed by atoms with Gasteiger partial charge in [0.2, 0.25) is 5.95 Å². The number of rotatable bonds is 7. The average Bonchev–Trinajstić information content (AvgIpc) is 2.70. The van der Waals surface area contributed by atoms with Crippen molar-refractivity contribution in [2.24, 2.45) is 5.16 Å². The number of nitrogens with zero attached hydrogens (tertiary/aromatic N) is 5. The number of likely N-dealkylation sites (N-methyl/N-ethyl adjacent to an activating group) is 1. The lowest BCUT2D eigenvalue weighted by Crippen LogP contribution is -2.51. The molecule has 0 saturated carbocycles. The summed E-state index contributed by atoms with van der Waals surface area (Å²) in [5.41, 5.74) is 2.68. The molecule has 0 atom stereocenters. The normalized spacial score (nSPS) is 17.5. The van der Waals surface area contributed by atoms with Crippen molar-refractivity contribution in [3.05, 3.63) is 42.0 Å². The van der Waals surface area contributed by atoms with E-state index in [0.29, 0.717) is 35.7 Å². The lowest BCUT2D eigenvalue weighted by Gasteiger charge is -2.48. The molecule has 9 heteroatoms. The molecule has 4 rings (SSSR count). The van der Waals surface area contributed by atoms with Gasteiger partial charge in [-0.2, -0.15) is 0 Å². The molecule has 0 aliphatic carbocycles. The molecular formula is C24H34FN5O2Si-. The van der Waals surface area contributed by atoms with Gasteiger partial charge in [0.1, 0.15) is 5.82 Å². The first-order valence-electron chi connectivity index (χ1n) is 11.4. The van der Waals surface area contributed by atoms with Crippen LogP contribution in [0.4, 0.5) is 10.3 Å². The Kier molecular flexibility index (Phi) is 6.57. The molecule has 2 aromatic rings. The van der Waals surface area contributed by atoms with Gasteiger partial charge in [-0.25, -0.2) is 14.4 Å². The molecule has 1 aromatic heterocycles. The van der Waals surface area contributed by atoms with Gasteiger partial charge < -0.3 is 14.2 Å². The van der Waals surface area contributed by atoms with Crippen LogP contribution < -0.4 is 4.90 Å². The number of aromatic nitrogens is 2. The Bertz CT molecular complexity index is 1010. The molecule has 2 saturated heterocycles.